The van der Waals surface area contributed by atoms with Crippen LogP contribution in [0.4, 0.5) is 8.78 Å². The maximum atomic E-state index is 13.6. The van der Waals surface area contributed by atoms with Gasteiger partial charge in [-0.15, -0.1) is 0 Å². The summed E-state index contributed by atoms with van der Waals surface area (Å²) in [6.07, 6.45) is 2.47. The van der Waals surface area contributed by atoms with Gasteiger partial charge in [0.05, 0.1) is 0 Å². The minimum absolute atomic E-state index is 0.0998. The second-order valence-electron chi connectivity index (χ2n) is 8.19. The molecule has 1 saturated carbocycles. The van der Waals surface area contributed by atoms with Crippen molar-refractivity contribution in [1.82, 2.24) is 10.2 Å². The summed E-state index contributed by atoms with van der Waals surface area (Å²) in [5.41, 5.74) is 0.780. The van der Waals surface area contributed by atoms with Crippen molar-refractivity contribution in [3.63, 3.8) is 0 Å². The average molecular weight is 398 g/mol. The predicted molar refractivity (Wildman–Crippen MR) is 105 cm³/mol. The highest BCUT2D eigenvalue weighted by Crippen LogP contribution is 2.54. The maximum absolute atomic E-state index is 13.6. The van der Waals surface area contributed by atoms with Crippen LogP contribution in [-0.2, 0) is 15.0 Å². The summed E-state index contributed by atoms with van der Waals surface area (Å²) in [5.74, 6) is -2.54. The third kappa shape index (κ3) is 3.76. The van der Waals surface area contributed by atoms with Crippen LogP contribution < -0.4 is 5.32 Å². The van der Waals surface area contributed by atoms with Crippen molar-refractivity contribution in [2.45, 2.75) is 37.6 Å². The van der Waals surface area contributed by atoms with Crippen LogP contribution in [0.3, 0.4) is 0 Å². The highest BCUT2D eigenvalue weighted by molar-refractivity contribution is 5.91. The molecule has 4 nitrogen and oxygen atoms in total. The summed E-state index contributed by atoms with van der Waals surface area (Å²) >= 11 is 0. The first-order valence-electron chi connectivity index (χ1n) is 10.00. The Balaban J connectivity index is 1.52. The summed E-state index contributed by atoms with van der Waals surface area (Å²) in [4.78, 5) is 27.8. The second kappa shape index (κ2) is 7.58. The SMILES string of the molecule is CC1(c2ccc(F)c(F)c2)CC1C(=O)NC(C(=O)N1CCCC1)c1ccccc1. The van der Waals surface area contributed by atoms with Crippen LogP contribution in [0.5, 0.6) is 0 Å². The molecular formula is C23H24F2N2O2. The lowest BCUT2D eigenvalue weighted by atomic mass is 9.94. The van der Waals surface area contributed by atoms with Crippen molar-refractivity contribution < 1.29 is 18.4 Å². The topological polar surface area (TPSA) is 49.4 Å². The van der Waals surface area contributed by atoms with Gasteiger partial charge in [-0.3, -0.25) is 9.59 Å². The van der Waals surface area contributed by atoms with Gasteiger partial charge in [0.2, 0.25) is 11.8 Å². The summed E-state index contributed by atoms with van der Waals surface area (Å²) < 4.78 is 26.9. The summed E-state index contributed by atoms with van der Waals surface area (Å²) in [6, 6.07) is 12.2. The minimum Gasteiger partial charge on any atom is -0.341 e. The number of nitrogens with one attached hydrogen (secondary N) is 1. The maximum Gasteiger partial charge on any atom is 0.249 e. The molecule has 2 fully saturated rings. The molecule has 2 aromatic rings. The van der Waals surface area contributed by atoms with E-state index in [1.54, 1.807) is 4.90 Å². The van der Waals surface area contributed by atoms with Gasteiger partial charge in [0, 0.05) is 24.4 Å². The van der Waals surface area contributed by atoms with Crippen LogP contribution in [0.2, 0.25) is 0 Å². The van der Waals surface area contributed by atoms with Gasteiger partial charge in [-0.1, -0.05) is 43.3 Å². The fourth-order valence-electron chi connectivity index (χ4n) is 4.21. The molecule has 3 atom stereocenters. The first kappa shape index (κ1) is 19.6. The lowest BCUT2D eigenvalue weighted by molar-refractivity contribution is -0.136. The molecule has 0 radical (unpaired) electrons. The zero-order chi connectivity index (χ0) is 20.6. The first-order valence-corrected chi connectivity index (χ1v) is 10.00. The molecule has 1 aliphatic heterocycles. The zero-order valence-electron chi connectivity index (χ0n) is 16.3. The number of nitrogens with zero attached hydrogens (tertiary/aromatic N) is 1. The molecule has 0 spiro atoms. The number of rotatable bonds is 5. The molecule has 1 aliphatic carbocycles. The highest BCUT2D eigenvalue weighted by Gasteiger charge is 2.56. The van der Waals surface area contributed by atoms with Gasteiger partial charge in [0.1, 0.15) is 6.04 Å². The normalized spacial score (nSPS) is 24.2. The highest BCUT2D eigenvalue weighted by atomic mass is 19.2. The molecule has 2 aromatic carbocycles. The molecule has 152 valence electrons. The summed E-state index contributed by atoms with van der Waals surface area (Å²) in [6.45, 7) is 3.27. The van der Waals surface area contributed by atoms with Crippen molar-refractivity contribution in [1.29, 1.82) is 0 Å². The number of hydrogen-bond donors (Lipinski definition) is 1. The molecule has 1 saturated heterocycles. The Hall–Kier alpha value is -2.76. The largest absolute Gasteiger partial charge is 0.341 e. The van der Waals surface area contributed by atoms with Gasteiger partial charge in [-0.2, -0.15) is 0 Å². The first-order chi connectivity index (χ1) is 13.9. The number of carbonyl (C=O) groups is 2. The van der Waals surface area contributed by atoms with E-state index >= 15 is 0 Å². The fraction of sp³-hybridized carbons (Fsp3) is 0.391. The van der Waals surface area contributed by atoms with E-state index in [1.807, 2.05) is 37.3 Å². The number of amides is 2. The van der Waals surface area contributed by atoms with Crippen LogP contribution in [0, 0.1) is 17.6 Å². The van der Waals surface area contributed by atoms with Crippen LogP contribution in [0.1, 0.15) is 43.4 Å². The fourth-order valence-corrected chi connectivity index (χ4v) is 4.21. The molecule has 6 heteroatoms. The number of hydrogen-bond acceptors (Lipinski definition) is 2. The Morgan fingerprint density at radius 1 is 1.07 bits per heavy atom. The molecule has 1 heterocycles. The van der Waals surface area contributed by atoms with E-state index in [-0.39, 0.29) is 17.7 Å². The van der Waals surface area contributed by atoms with E-state index < -0.39 is 23.1 Å². The van der Waals surface area contributed by atoms with E-state index in [0.717, 1.165) is 30.5 Å². The summed E-state index contributed by atoms with van der Waals surface area (Å²) in [7, 11) is 0. The Kier molecular flexibility index (Phi) is 5.11. The smallest absolute Gasteiger partial charge is 0.249 e. The molecular weight excluding hydrogens is 374 g/mol. The van der Waals surface area contributed by atoms with Gasteiger partial charge in [-0.05, 0) is 42.5 Å². The Bertz CT molecular complexity index is 928. The molecule has 1 N–H and O–H groups in total. The third-order valence-electron chi connectivity index (χ3n) is 6.22. The van der Waals surface area contributed by atoms with Gasteiger partial charge in [0.15, 0.2) is 11.6 Å². The van der Waals surface area contributed by atoms with Crippen LogP contribution >= 0.6 is 0 Å². The zero-order valence-corrected chi connectivity index (χ0v) is 16.3. The van der Waals surface area contributed by atoms with Crippen molar-refractivity contribution in [2.24, 2.45) is 5.92 Å². The number of halogens is 2. The van der Waals surface area contributed by atoms with Crippen molar-refractivity contribution in [3.05, 3.63) is 71.3 Å². The van der Waals surface area contributed by atoms with E-state index in [2.05, 4.69) is 5.32 Å². The van der Waals surface area contributed by atoms with Crippen LogP contribution in [0.15, 0.2) is 48.5 Å². The van der Waals surface area contributed by atoms with Crippen molar-refractivity contribution in [2.75, 3.05) is 13.1 Å². The Morgan fingerprint density at radius 3 is 2.41 bits per heavy atom. The number of benzene rings is 2. The van der Waals surface area contributed by atoms with Crippen LogP contribution in [0.25, 0.3) is 0 Å². The molecule has 2 amide bonds. The van der Waals surface area contributed by atoms with E-state index in [0.29, 0.717) is 25.1 Å². The molecule has 0 bridgehead atoms. The van der Waals surface area contributed by atoms with E-state index in [1.165, 1.54) is 6.07 Å². The average Bonchev–Trinajstić information content (AvgIpc) is 3.15. The standard InChI is InChI=1S/C23H24F2N2O2/c1-23(16-9-10-18(24)19(25)13-16)14-17(23)21(28)26-20(15-7-3-2-4-8-15)22(29)27-11-5-6-12-27/h2-4,7-10,13,17,20H,5-6,11-12,14H2,1H3,(H,26,28). The van der Waals surface area contributed by atoms with Crippen molar-refractivity contribution >= 4 is 11.8 Å². The molecule has 4 rings (SSSR count). The third-order valence-corrected chi connectivity index (χ3v) is 6.22. The molecule has 3 unspecified atom stereocenters. The predicted octanol–water partition coefficient (Wildman–Crippen LogP) is 3.72. The van der Waals surface area contributed by atoms with E-state index in [4.69, 9.17) is 0 Å². The Labute approximate surface area is 168 Å². The second-order valence-corrected chi connectivity index (χ2v) is 8.19. The van der Waals surface area contributed by atoms with Crippen LogP contribution in [-0.4, -0.2) is 29.8 Å². The minimum atomic E-state index is -0.916. The monoisotopic (exact) mass is 398 g/mol. The van der Waals surface area contributed by atoms with Gasteiger partial charge in [-0.25, -0.2) is 8.78 Å². The van der Waals surface area contributed by atoms with Gasteiger partial charge in [0.25, 0.3) is 0 Å². The Morgan fingerprint density at radius 2 is 1.76 bits per heavy atom. The van der Waals surface area contributed by atoms with Gasteiger partial charge >= 0.3 is 0 Å². The molecule has 0 aromatic heterocycles. The lowest BCUT2D eigenvalue weighted by Crippen LogP contribution is -2.42. The lowest BCUT2D eigenvalue weighted by Gasteiger charge is -2.25. The number of likely N-dealkylation sites (tertiary alicyclic amines) is 1. The molecule has 29 heavy (non-hydrogen) atoms. The van der Waals surface area contributed by atoms with Gasteiger partial charge < -0.3 is 10.2 Å². The van der Waals surface area contributed by atoms with Crippen molar-refractivity contribution in [3.8, 4) is 0 Å². The quantitative estimate of drug-likeness (QED) is 0.835. The molecule has 2 aliphatic rings. The number of carbonyl (C=O) groups excluding carboxylic acids is 2. The van der Waals surface area contributed by atoms with E-state index in [9.17, 15) is 18.4 Å². The summed E-state index contributed by atoms with van der Waals surface area (Å²) in [5, 5.41) is 2.92.